The molecule has 0 unspecified atom stereocenters. The Bertz CT molecular complexity index is 721. The minimum atomic E-state index is 0. The maximum absolute atomic E-state index is 5.42. The largest absolute Gasteiger partial charge is 0.497 e. The topological polar surface area (TPSA) is 64.1 Å². The maximum Gasteiger partial charge on any atom is 0.191 e. The number of ether oxygens (including phenoxy) is 3. The van der Waals surface area contributed by atoms with E-state index in [4.69, 9.17) is 14.2 Å². The number of nitrogens with one attached hydrogen (secondary N) is 2. The first-order chi connectivity index (χ1) is 12.7. The third kappa shape index (κ3) is 7.26. The van der Waals surface area contributed by atoms with Gasteiger partial charge >= 0.3 is 0 Å². The molecule has 6 nitrogen and oxygen atoms in total. The van der Waals surface area contributed by atoms with Crippen LogP contribution in [0.15, 0.2) is 47.5 Å². The van der Waals surface area contributed by atoms with Crippen molar-refractivity contribution in [2.75, 3.05) is 28.4 Å². The monoisotopic (exact) mass is 485 g/mol. The Labute approximate surface area is 178 Å². The lowest BCUT2D eigenvalue weighted by Crippen LogP contribution is -2.36. The Morgan fingerprint density at radius 3 is 2.15 bits per heavy atom. The first-order valence-electron chi connectivity index (χ1n) is 8.42. The van der Waals surface area contributed by atoms with Crippen LogP contribution in [0.25, 0.3) is 0 Å². The maximum atomic E-state index is 5.42. The highest BCUT2D eigenvalue weighted by Crippen LogP contribution is 2.24. The summed E-state index contributed by atoms with van der Waals surface area (Å²) >= 11 is 0. The van der Waals surface area contributed by atoms with Crippen LogP contribution in [0.2, 0.25) is 0 Å². The third-order valence-corrected chi connectivity index (χ3v) is 3.96. The number of hydrogen-bond donors (Lipinski definition) is 2. The number of hydrogen-bond acceptors (Lipinski definition) is 4. The second-order valence-corrected chi connectivity index (χ2v) is 5.71. The molecule has 2 aromatic carbocycles. The Morgan fingerprint density at radius 1 is 0.889 bits per heavy atom. The molecule has 0 aliphatic heterocycles. The summed E-state index contributed by atoms with van der Waals surface area (Å²) in [7, 11) is 6.74. The van der Waals surface area contributed by atoms with Crippen LogP contribution in [0.4, 0.5) is 0 Å². The molecule has 148 valence electrons. The van der Waals surface area contributed by atoms with Crippen molar-refractivity contribution < 1.29 is 14.2 Å². The second-order valence-electron chi connectivity index (χ2n) is 5.71. The zero-order valence-electron chi connectivity index (χ0n) is 16.2. The lowest BCUT2D eigenvalue weighted by atomic mass is 10.1. The highest BCUT2D eigenvalue weighted by molar-refractivity contribution is 14.0. The van der Waals surface area contributed by atoms with Gasteiger partial charge in [-0.3, -0.25) is 4.99 Å². The fourth-order valence-electron chi connectivity index (χ4n) is 2.50. The van der Waals surface area contributed by atoms with Gasteiger partial charge < -0.3 is 24.8 Å². The number of rotatable bonds is 8. The molecule has 0 radical (unpaired) electrons. The van der Waals surface area contributed by atoms with Gasteiger partial charge in [0.25, 0.3) is 0 Å². The van der Waals surface area contributed by atoms with Crippen molar-refractivity contribution in [3.05, 3.63) is 59.2 Å². The quantitative estimate of drug-likeness (QED) is 0.341. The average molecular weight is 485 g/mol. The minimum Gasteiger partial charge on any atom is -0.497 e. The first-order valence-corrected chi connectivity index (χ1v) is 8.42. The summed E-state index contributed by atoms with van der Waals surface area (Å²) in [5.74, 6) is 2.27. The summed E-state index contributed by atoms with van der Waals surface area (Å²) in [6.07, 6.45) is 0. The normalized spacial score (nSPS) is 10.7. The fraction of sp³-hybridized carbons (Fsp3) is 0.350. The van der Waals surface area contributed by atoms with E-state index in [0.29, 0.717) is 19.7 Å². The first kappa shape index (κ1) is 23.0. The van der Waals surface area contributed by atoms with E-state index in [1.165, 1.54) is 5.56 Å². The molecular weight excluding hydrogens is 457 g/mol. The molecule has 2 aromatic rings. The van der Waals surface area contributed by atoms with Crippen LogP contribution >= 0.6 is 24.0 Å². The highest BCUT2D eigenvalue weighted by Gasteiger charge is 2.06. The van der Waals surface area contributed by atoms with E-state index in [-0.39, 0.29) is 24.0 Å². The van der Waals surface area contributed by atoms with Gasteiger partial charge in [0, 0.05) is 38.9 Å². The standard InChI is InChI=1S/C20H27N3O3.HI/c1-21-20(22-12-15-5-7-16(8-6-15)14-24-2)23-13-17-9-10-18(25-3)11-19(17)26-4;/h5-11H,12-14H2,1-4H3,(H2,21,22,23);1H. The summed E-state index contributed by atoms with van der Waals surface area (Å²) in [5, 5.41) is 6.61. The number of guanidine groups is 1. The zero-order chi connectivity index (χ0) is 18.8. The van der Waals surface area contributed by atoms with E-state index in [1.54, 1.807) is 28.4 Å². The molecule has 0 heterocycles. The lowest BCUT2D eigenvalue weighted by molar-refractivity contribution is 0.185. The molecule has 2 N–H and O–H groups in total. The smallest absolute Gasteiger partial charge is 0.191 e. The van der Waals surface area contributed by atoms with Crippen molar-refractivity contribution in [2.45, 2.75) is 19.7 Å². The van der Waals surface area contributed by atoms with E-state index in [0.717, 1.165) is 28.6 Å². The molecule has 0 saturated heterocycles. The SMILES string of the molecule is CN=C(NCc1ccc(COC)cc1)NCc1ccc(OC)cc1OC.I. The molecule has 7 heteroatoms. The average Bonchev–Trinajstić information content (AvgIpc) is 2.69. The number of aliphatic imine (C=N–C) groups is 1. The van der Waals surface area contributed by atoms with Crippen LogP contribution in [0.1, 0.15) is 16.7 Å². The van der Waals surface area contributed by atoms with Crippen molar-refractivity contribution in [2.24, 2.45) is 4.99 Å². The zero-order valence-corrected chi connectivity index (χ0v) is 18.6. The van der Waals surface area contributed by atoms with E-state index in [9.17, 15) is 0 Å². The van der Waals surface area contributed by atoms with Crippen LogP contribution < -0.4 is 20.1 Å². The summed E-state index contributed by atoms with van der Waals surface area (Å²) in [6.45, 7) is 1.91. The molecular formula is C20H28IN3O3. The Balaban J connectivity index is 0.00000364. The molecule has 0 aliphatic carbocycles. The van der Waals surface area contributed by atoms with Gasteiger partial charge in [0.2, 0.25) is 0 Å². The molecule has 0 fully saturated rings. The van der Waals surface area contributed by atoms with Crippen LogP contribution in [0.3, 0.4) is 0 Å². The van der Waals surface area contributed by atoms with Gasteiger partial charge in [0.05, 0.1) is 20.8 Å². The van der Waals surface area contributed by atoms with Crippen molar-refractivity contribution >= 4 is 29.9 Å². The van der Waals surface area contributed by atoms with Crippen LogP contribution in [-0.2, 0) is 24.4 Å². The second kappa shape index (κ2) is 12.4. The van der Waals surface area contributed by atoms with Gasteiger partial charge in [0.1, 0.15) is 11.5 Å². The molecule has 0 aromatic heterocycles. The van der Waals surface area contributed by atoms with Crippen LogP contribution in [-0.4, -0.2) is 34.3 Å². The Kier molecular flexibility index (Phi) is 10.6. The van der Waals surface area contributed by atoms with E-state index in [1.807, 2.05) is 18.2 Å². The predicted molar refractivity (Wildman–Crippen MR) is 119 cm³/mol. The summed E-state index contributed by atoms with van der Waals surface area (Å²) < 4.78 is 15.8. The van der Waals surface area contributed by atoms with Crippen LogP contribution in [0.5, 0.6) is 11.5 Å². The molecule has 0 amide bonds. The van der Waals surface area contributed by atoms with Gasteiger partial charge in [-0.2, -0.15) is 0 Å². The van der Waals surface area contributed by atoms with E-state index in [2.05, 4.69) is 39.9 Å². The van der Waals surface area contributed by atoms with Gasteiger partial charge in [-0.25, -0.2) is 0 Å². The van der Waals surface area contributed by atoms with Gasteiger partial charge in [-0.1, -0.05) is 24.3 Å². The molecule has 0 bridgehead atoms. The summed E-state index contributed by atoms with van der Waals surface area (Å²) in [6, 6.07) is 14.1. The minimum absolute atomic E-state index is 0. The third-order valence-electron chi connectivity index (χ3n) is 3.96. The fourth-order valence-corrected chi connectivity index (χ4v) is 2.50. The summed E-state index contributed by atoms with van der Waals surface area (Å²) in [5.41, 5.74) is 3.36. The van der Waals surface area contributed by atoms with Crippen molar-refractivity contribution in [1.29, 1.82) is 0 Å². The predicted octanol–water partition coefficient (Wildman–Crippen LogP) is 3.33. The lowest BCUT2D eigenvalue weighted by Gasteiger charge is -2.14. The van der Waals surface area contributed by atoms with E-state index < -0.39 is 0 Å². The van der Waals surface area contributed by atoms with Gasteiger partial charge in [0.15, 0.2) is 5.96 Å². The molecule has 0 aliphatic rings. The molecule has 0 atom stereocenters. The number of benzene rings is 2. The van der Waals surface area contributed by atoms with Gasteiger partial charge in [-0.15, -0.1) is 24.0 Å². The van der Waals surface area contributed by atoms with Crippen molar-refractivity contribution in [3.8, 4) is 11.5 Å². The highest BCUT2D eigenvalue weighted by atomic mass is 127. The van der Waals surface area contributed by atoms with E-state index >= 15 is 0 Å². The number of halogens is 1. The number of nitrogens with zero attached hydrogens (tertiary/aromatic N) is 1. The Morgan fingerprint density at radius 2 is 1.56 bits per heavy atom. The summed E-state index contributed by atoms with van der Waals surface area (Å²) in [4.78, 5) is 4.26. The van der Waals surface area contributed by atoms with Crippen LogP contribution in [0, 0.1) is 0 Å². The molecule has 2 rings (SSSR count). The molecule has 0 saturated carbocycles. The number of methoxy groups -OCH3 is 3. The van der Waals surface area contributed by atoms with Crippen molar-refractivity contribution in [3.63, 3.8) is 0 Å². The van der Waals surface area contributed by atoms with Gasteiger partial charge in [-0.05, 0) is 23.3 Å². The molecule has 0 spiro atoms. The Hall–Kier alpha value is -2.00. The molecule has 27 heavy (non-hydrogen) atoms. The van der Waals surface area contributed by atoms with Crippen molar-refractivity contribution in [1.82, 2.24) is 10.6 Å².